The molecule has 7 heteroatoms. The van der Waals surface area contributed by atoms with Crippen molar-refractivity contribution in [1.29, 1.82) is 0 Å². The Hall–Kier alpha value is -3.77. The number of carbonyl (C=O) groups excluding carboxylic acids is 2. The number of rotatable bonds is 5. The third-order valence-corrected chi connectivity index (χ3v) is 6.25. The van der Waals surface area contributed by atoms with Crippen LogP contribution >= 0.6 is 11.6 Å². The van der Waals surface area contributed by atoms with Gasteiger partial charge in [0.25, 0.3) is 11.7 Å². The number of nitrogens with zero attached hydrogens (tertiary/aromatic N) is 1. The molecule has 1 saturated heterocycles. The molecular formula is C27H22ClNO5. The maximum absolute atomic E-state index is 13.3. The molecule has 2 heterocycles. The standard InChI is InChI=1S/C27H22ClNO5/c1-2-33-21-5-3-4-17(15-21)24-23(25(30)18-6-11-22-16(14-18)12-13-34-22)26(31)27(32)29(24)20-9-7-19(28)8-10-20/h3-11,14-15,24,30H,2,12-13H2,1H3/b25-23-. The summed E-state index contributed by atoms with van der Waals surface area (Å²) in [6.45, 7) is 2.92. The Labute approximate surface area is 202 Å². The fourth-order valence-corrected chi connectivity index (χ4v) is 4.57. The topological polar surface area (TPSA) is 76.1 Å². The molecule has 172 valence electrons. The zero-order valence-electron chi connectivity index (χ0n) is 18.5. The van der Waals surface area contributed by atoms with Gasteiger partial charge in [-0.2, -0.15) is 0 Å². The molecule has 3 aromatic carbocycles. The molecule has 1 N–H and O–H groups in total. The van der Waals surface area contributed by atoms with Gasteiger partial charge in [0.15, 0.2) is 0 Å². The summed E-state index contributed by atoms with van der Waals surface area (Å²) >= 11 is 6.05. The van der Waals surface area contributed by atoms with Crippen LogP contribution in [0.2, 0.25) is 5.02 Å². The lowest BCUT2D eigenvalue weighted by atomic mass is 9.94. The van der Waals surface area contributed by atoms with E-state index >= 15 is 0 Å². The number of fused-ring (bicyclic) bond motifs is 1. The fraction of sp³-hybridized carbons (Fsp3) is 0.185. The second kappa shape index (κ2) is 8.88. The number of Topliss-reactive ketones (excluding diaryl/α,β-unsaturated/α-hetero) is 1. The van der Waals surface area contributed by atoms with Crippen molar-refractivity contribution in [2.24, 2.45) is 0 Å². The predicted molar refractivity (Wildman–Crippen MR) is 129 cm³/mol. The van der Waals surface area contributed by atoms with Crippen molar-refractivity contribution in [3.8, 4) is 11.5 Å². The van der Waals surface area contributed by atoms with Crippen molar-refractivity contribution in [2.75, 3.05) is 18.1 Å². The molecule has 0 bridgehead atoms. The molecule has 1 atom stereocenters. The van der Waals surface area contributed by atoms with Crippen molar-refractivity contribution in [3.63, 3.8) is 0 Å². The van der Waals surface area contributed by atoms with E-state index in [0.717, 1.165) is 17.7 Å². The van der Waals surface area contributed by atoms with Crippen LogP contribution < -0.4 is 14.4 Å². The van der Waals surface area contributed by atoms with Gasteiger partial charge in [-0.3, -0.25) is 14.5 Å². The molecule has 34 heavy (non-hydrogen) atoms. The van der Waals surface area contributed by atoms with Crippen molar-refractivity contribution >= 4 is 34.7 Å². The number of aliphatic hydroxyl groups is 1. The van der Waals surface area contributed by atoms with Crippen molar-refractivity contribution < 1.29 is 24.2 Å². The molecular weight excluding hydrogens is 454 g/mol. The average Bonchev–Trinajstić information content (AvgIpc) is 3.42. The number of ether oxygens (including phenoxy) is 2. The molecule has 2 aliphatic rings. The van der Waals surface area contributed by atoms with Crippen LogP contribution in [0.4, 0.5) is 5.69 Å². The Morgan fingerprint density at radius 1 is 1.12 bits per heavy atom. The second-order valence-corrected chi connectivity index (χ2v) is 8.51. The number of aliphatic hydroxyl groups excluding tert-OH is 1. The third-order valence-electron chi connectivity index (χ3n) is 6.00. The van der Waals surface area contributed by atoms with Crippen molar-refractivity contribution in [1.82, 2.24) is 0 Å². The fourth-order valence-electron chi connectivity index (χ4n) is 4.45. The maximum atomic E-state index is 13.3. The molecule has 1 amide bonds. The van der Waals surface area contributed by atoms with Gasteiger partial charge in [-0.15, -0.1) is 0 Å². The van der Waals surface area contributed by atoms with E-state index < -0.39 is 17.7 Å². The highest BCUT2D eigenvalue weighted by Gasteiger charge is 2.47. The number of anilines is 1. The van der Waals surface area contributed by atoms with Crippen LogP contribution in [0, 0.1) is 0 Å². The van der Waals surface area contributed by atoms with E-state index in [1.165, 1.54) is 4.90 Å². The highest BCUT2D eigenvalue weighted by molar-refractivity contribution is 6.51. The van der Waals surface area contributed by atoms with Gasteiger partial charge >= 0.3 is 0 Å². The summed E-state index contributed by atoms with van der Waals surface area (Å²) in [6, 6.07) is 18.3. The highest BCUT2D eigenvalue weighted by atomic mass is 35.5. The molecule has 0 aromatic heterocycles. The molecule has 0 saturated carbocycles. The van der Waals surface area contributed by atoms with Crippen LogP contribution in [0.3, 0.4) is 0 Å². The molecule has 0 radical (unpaired) electrons. The largest absolute Gasteiger partial charge is 0.507 e. The molecule has 2 aliphatic heterocycles. The minimum Gasteiger partial charge on any atom is -0.507 e. The van der Waals surface area contributed by atoms with Crippen LogP contribution in [-0.2, 0) is 16.0 Å². The minimum atomic E-state index is -0.842. The number of ketones is 1. The first kappa shape index (κ1) is 22.0. The molecule has 1 unspecified atom stereocenters. The van der Waals surface area contributed by atoms with Gasteiger partial charge in [0.2, 0.25) is 0 Å². The van der Waals surface area contributed by atoms with E-state index in [9.17, 15) is 14.7 Å². The Morgan fingerprint density at radius 2 is 1.91 bits per heavy atom. The van der Waals surface area contributed by atoms with E-state index in [1.807, 2.05) is 19.1 Å². The number of carbonyl (C=O) groups is 2. The van der Waals surface area contributed by atoms with Gasteiger partial charge in [-0.05, 0) is 72.6 Å². The van der Waals surface area contributed by atoms with E-state index in [1.54, 1.807) is 54.6 Å². The molecule has 3 aromatic rings. The SMILES string of the molecule is CCOc1cccc(C2/C(=C(/O)c3ccc4c(c3)CCO4)C(=O)C(=O)N2c2ccc(Cl)cc2)c1. The molecule has 1 fully saturated rings. The summed E-state index contributed by atoms with van der Waals surface area (Å²) in [7, 11) is 0. The first-order chi connectivity index (χ1) is 16.5. The zero-order valence-corrected chi connectivity index (χ0v) is 19.2. The number of benzene rings is 3. The lowest BCUT2D eigenvalue weighted by molar-refractivity contribution is -0.132. The highest BCUT2D eigenvalue weighted by Crippen LogP contribution is 2.43. The second-order valence-electron chi connectivity index (χ2n) is 8.07. The molecule has 5 rings (SSSR count). The van der Waals surface area contributed by atoms with Crippen LogP contribution in [0.5, 0.6) is 11.5 Å². The van der Waals surface area contributed by atoms with Crippen molar-refractivity contribution in [2.45, 2.75) is 19.4 Å². The number of amides is 1. The summed E-state index contributed by atoms with van der Waals surface area (Å²) in [5.41, 5.74) is 2.58. The number of halogens is 1. The number of hydrogen-bond acceptors (Lipinski definition) is 5. The van der Waals surface area contributed by atoms with Gasteiger partial charge < -0.3 is 14.6 Å². The van der Waals surface area contributed by atoms with Gasteiger partial charge in [-0.1, -0.05) is 23.7 Å². The summed E-state index contributed by atoms with van der Waals surface area (Å²) in [5, 5.41) is 11.8. The molecule has 0 aliphatic carbocycles. The average molecular weight is 476 g/mol. The van der Waals surface area contributed by atoms with Crippen LogP contribution in [0.15, 0.2) is 72.3 Å². The van der Waals surface area contributed by atoms with Crippen LogP contribution in [-0.4, -0.2) is 30.0 Å². The third kappa shape index (κ3) is 3.80. The Balaban J connectivity index is 1.69. The summed E-state index contributed by atoms with van der Waals surface area (Å²) in [4.78, 5) is 28.0. The van der Waals surface area contributed by atoms with Crippen LogP contribution in [0.25, 0.3) is 5.76 Å². The molecule has 0 spiro atoms. The normalized spacial score (nSPS) is 18.6. The van der Waals surface area contributed by atoms with E-state index in [-0.39, 0.29) is 11.3 Å². The molecule has 6 nitrogen and oxygen atoms in total. The Bertz CT molecular complexity index is 1310. The first-order valence-electron chi connectivity index (χ1n) is 11.0. The minimum absolute atomic E-state index is 0.0208. The van der Waals surface area contributed by atoms with E-state index in [2.05, 4.69) is 0 Å². The zero-order chi connectivity index (χ0) is 23.8. The summed E-state index contributed by atoms with van der Waals surface area (Å²) in [6.07, 6.45) is 0.718. The Morgan fingerprint density at radius 3 is 2.68 bits per heavy atom. The summed E-state index contributed by atoms with van der Waals surface area (Å²) in [5.74, 6) is -0.331. The monoisotopic (exact) mass is 475 g/mol. The lowest BCUT2D eigenvalue weighted by Gasteiger charge is -2.26. The van der Waals surface area contributed by atoms with Gasteiger partial charge in [-0.25, -0.2) is 0 Å². The maximum Gasteiger partial charge on any atom is 0.300 e. The van der Waals surface area contributed by atoms with Gasteiger partial charge in [0, 0.05) is 22.7 Å². The quantitative estimate of drug-likeness (QED) is 0.308. The Kier molecular flexibility index (Phi) is 5.75. The lowest BCUT2D eigenvalue weighted by Crippen LogP contribution is -2.29. The van der Waals surface area contributed by atoms with Gasteiger partial charge in [0.1, 0.15) is 17.3 Å². The first-order valence-corrected chi connectivity index (χ1v) is 11.4. The predicted octanol–water partition coefficient (Wildman–Crippen LogP) is 5.30. The van der Waals surface area contributed by atoms with Gasteiger partial charge in [0.05, 0.1) is 24.8 Å². The number of hydrogen-bond donors (Lipinski definition) is 1. The summed E-state index contributed by atoms with van der Waals surface area (Å²) < 4.78 is 11.2. The van der Waals surface area contributed by atoms with E-state index in [0.29, 0.717) is 40.8 Å². The van der Waals surface area contributed by atoms with Crippen molar-refractivity contribution in [3.05, 3.63) is 94.0 Å². The smallest absolute Gasteiger partial charge is 0.300 e. The van der Waals surface area contributed by atoms with E-state index in [4.69, 9.17) is 21.1 Å². The van der Waals surface area contributed by atoms with Crippen LogP contribution in [0.1, 0.15) is 29.7 Å².